The van der Waals surface area contributed by atoms with Gasteiger partial charge in [-0.1, -0.05) is 12.1 Å². The molecule has 108 valence electrons. The van der Waals surface area contributed by atoms with Crippen molar-refractivity contribution in [3.8, 4) is 11.8 Å². The van der Waals surface area contributed by atoms with Gasteiger partial charge in [0.25, 0.3) is 0 Å². The van der Waals surface area contributed by atoms with E-state index in [-0.39, 0.29) is 6.10 Å². The van der Waals surface area contributed by atoms with Crippen LogP contribution in [0.5, 0.6) is 5.75 Å². The number of aliphatic hydroxyl groups excluding tert-OH is 1. The first-order valence-electron chi connectivity index (χ1n) is 7.27. The van der Waals surface area contributed by atoms with Gasteiger partial charge in [0.15, 0.2) is 0 Å². The van der Waals surface area contributed by atoms with Crippen molar-refractivity contribution in [3.63, 3.8) is 0 Å². The molecular formula is C16H22N2O2. The van der Waals surface area contributed by atoms with E-state index in [9.17, 15) is 5.11 Å². The minimum Gasteiger partial charge on any atom is -0.494 e. The van der Waals surface area contributed by atoms with Crippen LogP contribution >= 0.6 is 0 Å². The summed E-state index contributed by atoms with van der Waals surface area (Å²) in [5, 5.41) is 18.0. The predicted molar refractivity (Wildman–Crippen MR) is 77.3 cm³/mol. The zero-order valence-electron chi connectivity index (χ0n) is 11.8. The highest BCUT2D eigenvalue weighted by atomic mass is 16.5. The van der Waals surface area contributed by atoms with Gasteiger partial charge in [0.2, 0.25) is 0 Å². The maximum absolute atomic E-state index is 9.51. The Hall–Kier alpha value is -1.57. The van der Waals surface area contributed by atoms with E-state index in [2.05, 4.69) is 23.1 Å². The number of unbranched alkanes of at least 4 members (excludes halogenated alkanes) is 1. The van der Waals surface area contributed by atoms with E-state index < -0.39 is 0 Å². The molecule has 20 heavy (non-hydrogen) atoms. The maximum atomic E-state index is 9.51. The molecule has 1 N–H and O–H groups in total. The lowest BCUT2D eigenvalue weighted by Crippen LogP contribution is -2.35. The average molecular weight is 274 g/mol. The number of nitriles is 1. The smallest absolute Gasteiger partial charge is 0.119 e. The third kappa shape index (κ3) is 4.84. The zero-order valence-corrected chi connectivity index (χ0v) is 11.8. The molecule has 0 aliphatic carbocycles. The highest BCUT2D eigenvalue weighted by molar-refractivity contribution is 5.28. The SMILES string of the molecule is N#CCCCOc1cccc(CN2CCC(O)CC2)c1. The summed E-state index contributed by atoms with van der Waals surface area (Å²) in [4.78, 5) is 2.36. The van der Waals surface area contributed by atoms with Crippen molar-refractivity contribution in [2.45, 2.75) is 38.3 Å². The third-order valence-corrected chi connectivity index (χ3v) is 3.56. The van der Waals surface area contributed by atoms with E-state index in [1.807, 2.05) is 12.1 Å². The van der Waals surface area contributed by atoms with Gasteiger partial charge in [-0.05, 0) is 37.0 Å². The summed E-state index contributed by atoms with van der Waals surface area (Å²) < 4.78 is 5.65. The van der Waals surface area contributed by atoms with Gasteiger partial charge >= 0.3 is 0 Å². The van der Waals surface area contributed by atoms with Crippen LogP contribution in [-0.4, -0.2) is 35.8 Å². The number of hydrogen-bond donors (Lipinski definition) is 1. The third-order valence-electron chi connectivity index (χ3n) is 3.56. The molecule has 0 amide bonds. The topological polar surface area (TPSA) is 56.5 Å². The second kappa shape index (κ2) is 7.88. The van der Waals surface area contributed by atoms with E-state index in [1.165, 1.54) is 5.56 Å². The van der Waals surface area contributed by atoms with Gasteiger partial charge in [-0.2, -0.15) is 5.26 Å². The normalized spacial score (nSPS) is 16.8. The Morgan fingerprint density at radius 2 is 2.15 bits per heavy atom. The van der Waals surface area contributed by atoms with Crippen LogP contribution in [0.1, 0.15) is 31.2 Å². The van der Waals surface area contributed by atoms with E-state index in [0.717, 1.165) is 44.6 Å². The molecule has 0 atom stereocenters. The zero-order chi connectivity index (χ0) is 14.2. The first-order valence-corrected chi connectivity index (χ1v) is 7.27. The largest absolute Gasteiger partial charge is 0.494 e. The molecule has 0 unspecified atom stereocenters. The van der Waals surface area contributed by atoms with Crippen molar-refractivity contribution in [2.75, 3.05) is 19.7 Å². The van der Waals surface area contributed by atoms with Crippen molar-refractivity contribution in [1.82, 2.24) is 4.90 Å². The number of benzene rings is 1. The van der Waals surface area contributed by atoms with Crippen LogP contribution in [0.4, 0.5) is 0 Å². The molecule has 4 heteroatoms. The Labute approximate surface area is 120 Å². The average Bonchev–Trinajstić information content (AvgIpc) is 2.47. The lowest BCUT2D eigenvalue weighted by atomic mass is 10.1. The first-order chi connectivity index (χ1) is 9.78. The van der Waals surface area contributed by atoms with Crippen molar-refractivity contribution in [1.29, 1.82) is 5.26 Å². The fourth-order valence-corrected chi connectivity index (χ4v) is 2.41. The molecule has 1 heterocycles. The number of nitrogens with zero attached hydrogens (tertiary/aromatic N) is 2. The Morgan fingerprint density at radius 1 is 1.35 bits per heavy atom. The number of ether oxygens (including phenoxy) is 1. The molecule has 0 bridgehead atoms. The summed E-state index contributed by atoms with van der Waals surface area (Å²) in [6.07, 6.45) is 2.91. The lowest BCUT2D eigenvalue weighted by Gasteiger charge is -2.29. The van der Waals surface area contributed by atoms with Crippen LogP contribution < -0.4 is 4.74 Å². The van der Waals surface area contributed by atoms with Gasteiger partial charge in [0, 0.05) is 26.1 Å². The summed E-state index contributed by atoms with van der Waals surface area (Å²) in [6, 6.07) is 10.2. The second-order valence-corrected chi connectivity index (χ2v) is 5.26. The molecule has 1 fully saturated rings. The molecule has 0 aromatic heterocycles. The first kappa shape index (κ1) is 14.8. The minimum absolute atomic E-state index is 0.124. The molecule has 1 saturated heterocycles. The summed E-state index contributed by atoms with van der Waals surface area (Å²) >= 11 is 0. The fraction of sp³-hybridized carbons (Fsp3) is 0.562. The molecule has 1 aliphatic heterocycles. The molecular weight excluding hydrogens is 252 g/mol. The van der Waals surface area contributed by atoms with Crippen LogP contribution in [0, 0.1) is 11.3 Å². The van der Waals surface area contributed by atoms with Gasteiger partial charge in [0.1, 0.15) is 5.75 Å². The Morgan fingerprint density at radius 3 is 2.90 bits per heavy atom. The van der Waals surface area contributed by atoms with Crippen molar-refractivity contribution in [2.24, 2.45) is 0 Å². The van der Waals surface area contributed by atoms with E-state index in [0.29, 0.717) is 13.0 Å². The minimum atomic E-state index is -0.124. The Kier molecular flexibility index (Phi) is 5.85. The number of likely N-dealkylation sites (tertiary alicyclic amines) is 1. The maximum Gasteiger partial charge on any atom is 0.119 e. The van der Waals surface area contributed by atoms with E-state index in [4.69, 9.17) is 10.00 Å². The number of rotatable bonds is 6. The molecule has 4 nitrogen and oxygen atoms in total. The highest BCUT2D eigenvalue weighted by Gasteiger charge is 2.16. The Balaban J connectivity index is 1.81. The summed E-state index contributed by atoms with van der Waals surface area (Å²) in [5.41, 5.74) is 1.24. The summed E-state index contributed by atoms with van der Waals surface area (Å²) in [5.74, 6) is 0.873. The monoisotopic (exact) mass is 274 g/mol. The van der Waals surface area contributed by atoms with Crippen molar-refractivity contribution in [3.05, 3.63) is 29.8 Å². The highest BCUT2D eigenvalue weighted by Crippen LogP contribution is 2.18. The van der Waals surface area contributed by atoms with Crippen molar-refractivity contribution >= 4 is 0 Å². The Bertz CT molecular complexity index is 448. The van der Waals surface area contributed by atoms with Crippen LogP contribution in [0.25, 0.3) is 0 Å². The molecule has 2 rings (SSSR count). The molecule has 1 aromatic carbocycles. The molecule has 0 spiro atoms. The second-order valence-electron chi connectivity index (χ2n) is 5.26. The van der Waals surface area contributed by atoms with Crippen LogP contribution in [-0.2, 0) is 6.54 Å². The quantitative estimate of drug-likeness (QED) is 0.809. The standard InChI is InChI=1S/C16H22N2O2/c17-8-1-2-11-20-16-5-3-4-14(12-16)13-18-9-6-15(19)7-10-18/h3-5,12,15,19H,1-2,6-7,9-11,13H2. The van der Waals surface area contributed by atoms with Gasteiger partial charge in [-0.3, -0.25) is 4.90 Å². The van der Waals surface area contributed by atoms with Crippen LogP contribution in [0.3, 0.4) is 0 Å². The lowest BCUT2D eigenvalue weighted by molar-refractivity contribution is 0.0792. The van der Waals surface area contributed by atoms with Crippen molar-refractivity contribution < 1.29 is 9.84 Å². The number of aliphatic hydroxyl groups is 1. The van der Waals surface area contributed by atoms with Gasteiger partial charge in [-0.15, -0.1) is 0 Å². The van der Waals surface area contributed by atoms with Crippen LogP contribution in [0.15, 0.2) is 24.3 Å². The fourth-order valence-electron chi connectivity index (χ4n) is 2.41. The molecule has 1 aromatic rings. The van der Waals surface area contributed by atoms with Gasteiger partial charge < -0.3 is 9.84 Å². The predicted octanol–water partition coefficient (Wildman–Crippen LogP) is 2.33. The summed E-state index contributed by atoms with van der Waals surface area (Å²) in [7, 11) is 0. The molecule has 1 aliphatic rings. The summed E-state index contributed by atoms with van der Waals surface area (Å²) in [6.45, 7) is 3.40. The molecule has 0 radical (unpaired) electrons. The van der Waals surface area contributed by atoms with Gasteiger partial charge in [0.05, 0.1) is 18.8 Å². The number of piperidine rings is 1. The van der Waals surface area contributed by atoms with Crippen LogP contribution in [0.2, 0.25) is 0 Å². The van der Waals surface area contributed by atoms with E-state index in [1.54, 1.807) is 0 Å². The van der Waals surface area contributed by atoms with E-state index >= 15 is 0 Å². The van der Waals surface area contributed by atoms with Gasteiger partial charge in [-0.25, -0.2) is 0 Å². The molecule has 0 saturated carbocycles. The number of hydrogen-bond acceptors (Lipinski definition) is 4.